The summed E-state index contributed by atoms with van der Waals surface area (Å²) in [6.07, 6.45) is -3.55. The van der Waals surface area contributed by atoms with E-state index in [9.17, 15) is 26.7 Å². The number of nitrogens with zero attached hydrogens (tertiary/aromatic N) is 1. The molecular formula is C18H11F5N2O3. The summed E-state index contributed by atoms with van der Waals surface area (Å²) in [6, 6.07) is 9.60. The molecule has 0 aliphatic heterocycles. The summed E-state index contributed by atoms with van der Waals surface area (Å²) in [4.78, 5) is 12.5. The predicted octanol–water partition coefficient (Wildman–Crippen LogP) is 5.21. The van der Waals surface area contributed by atoms with Crippen molar-refractivity contribution in [3.63, 3.8) is 0 Å². The van der Waals surface area contributed by atoms with E-state index in [-0.39, 0.29) is 28.3 Å². The molecule has 28 heavy (non-hydrogen) atoms. The fourth-order valence-electron chi connectivity index (χ4n) is 2.42. The molecule has 1 N–H and O–H groups in total. The molecule has 146 valence electrons. The molecule has 0 aliphatic carbocycles. The SMILES string of the molecule is O=C(Nc1cccc(C(F)(F)F)c1)c1cnoc1-c1ccccc1OC(F)F. The fourth-order valence-corrected chi connectivity index (χ4v) is 2.42. The highest BCUT2D eigenvalue weighted by Gasteiger charge is 2.30. The van der Waals surface area contributed by atoms with Crippen LogP contribution in [-0.4, -0.2) is 17.7 Å². The first-order valence-electron chi connectivity index (χ1n) is 7.73. The van der Waals surface area contributed by atoms with Crippen LogP contribution in [-0.2, 0) is 6.18 Å². The Morgan fingerprint density at radius 1 is 1.11 bits per heavy atom. The van der Waals surface area contributed by atoms with Gasteiger partial charge in [-0.2, -0.15) is 22.0 Å². The highest BCUT2D eigenvalue weighted by atomic mass is 19.4. The second kappa shape index (κ2) is 7.67. The summed E-state index contributed by atoms with van der Waals surface area (Å²) < 4.78 is 73.0. The van der Waals surface area contributed by atoms with Crippen molar-refractivity contribution in [1.29, 1.82) is 0 Å². The summed E-state index contributed by atoms with van der Waals surface area (Å²) in [6.45, 7) is -3.11. The second-order valence-corrected chi connectivity index (χ2v) is 5.48. The number of aromatic nitrogens is 1. The van der Waals surface area contributed by atoms with Crippen LogP contribution in [0.4, 0.5) is 27.6 Å². The molecule has 0 saturated carbocycles. The van der Waals surface area contributed by atoms with Crippen LogP contribution in [0.15, 0.2) is 59.3 Å². The number of carbonyl (C=O) groups is 1. The summed E-state index contributed by atoms with van der Waals surface area (Å²) in [7, 11) is 0. The van der Waals surface area contributed by atoms with Crippen molar-refractivity contribution in [2.75, 3.05) is 5.32 Å². The number of hydrogen-bond donors (Lipinski definition) is 1. The van der Waals surface area contributed by atoms with Gasteiger partial charge in [0.05, 0.1) is 17.3 Å². The van der Waals surface area contributed by atoms with Crippen LogP contribution in [0, 0.1) is 0 Å². The van der Waals surface area contributed by atoms with Crippen LogP contribution in [0.1, 0.15) is 15.9 Å². The molecule has 2 aromatic carbocycles. The molecule has 0 bridgehead atoms. The number of anilines is 1. The Balaban J connectivity index is 1.90. The average molecular weight is 398 g/mol. The van der Waals surface area contributed by atoms with Gasteiger partial charge >= 0.3 is 12.8 Å². The Morgan fingerprint density at radius 2 is 1.86 bits per heavy atom. The van der Waals surface area contributed by atoms with Crippen LogP contribution >= 0.6 is 0 Å². The van der Waals surface area contributed by atoms with Gasteiger partial charge in [-0.05, 0) is 30.3 Å². The lowest BCUT2D eigenvalue weighted by atomic mass is 10.1. The number of para-hydroxylation sites is 1. The molecule has 5 nitrogen and oxygen atoms in total. The Morgan fingerprint density at radius 3 is 2.57 bits per heavy atom. The molecule has 10 heteroatoms. The van der Waals surface area contributed by atoms with Crippen molar-refractivity contribution in [1.82, 2.24) is 5.16 Å². The number of halogens is 5. The number of benzene rings is 2. The zero-order chi connectivity index (χ0) is 20.3. The highest BCUT2D eigenvalue weighted by molar-refractivity contribution is 6.08. The number of nitrogens with one attached hydrogen (secondary N) is 1. The third-order valence-electron chi connectivity index (χ3n) is 3.61. The van der Waals surface area contributed by atoms with E-state index in [0.29, 0.717) is 0 Å². The maximum Gasteiger partial charge on any atom is 0.416 e. The smallest absolute Gasteiger partial charge is 0.416 e. The number of amides is 1. The molecule has 3 rings (SSSR count). The molecule has 0 aliphatic rings. The molecule has 1 amide bonds. The molecular weight excluding hydrogens is 387 g/mol. The van der Waals surface area contributed by atoms with E-state index < -0.39 is 24.3 Å². The minimum Gasteiger partial charge on any atom is -0.434 e. The minimum absolute atomic E-state index is 0.0366. The average Bonchev–Trinajstić information content (AvgIpc) is 3.11. The molecule has 0 spiro atoms. The van der Waals surface area contributed by atoms with Crippen molar-refractivity contribution < 1.29 is 36.0 Å². The molecule has 0 radical (unpaired) electrons. The maximum atomic E-state index is 12.8. The number of alkyl halides is 5. The van der Waals surface area contributed by atoms with Gasteiger partial charge in [0, 0.05) is 5.69 Å². The number of rotatable bonds is 5. The van der Waals surface area contributed by atoms with Crippen LogP contribution in [0.5, 0.6) is 5.75 Å². The first-order chi connectivity index (χ1) is 13.3. The lowest BCUT2D eigenvalue weighted by Crippen LogP contribution is -2.13. The van der Waals surface area contributed by atoms with Gasteiger partial charge in [-0.15, -0.1) is 0 Å². The van der Waals surface area contributed by atoms with Crippen LogP contribution in [0.2, 0.25) is 0 Å². The first-order valence-corrected chi connectivity index (χ1v) is 7.73. The Kier molecular flexibility index (Phi) is 5.30. The fraction of sp³-hybridized carbons (Fsp3) is 0.111. The van der Waals surface area contributed by atoms with Crippen LogP contribution in [0.25, 0.3) is 11.3 Å². The third kappa shape index (κ3) is 4.27. The standard InChI is InChI=1S/C18H11F5N2O3/c19-17(20)27-14-7-2-1-6-12(14)15-13(9-24-28-15)16(26)25-11-5-3-4-10(8-11)18(21,22)23/h1-9,17H,(H,25,26). The van der Waals surface area contributed by atoms with Crippen molar-refractivity contribution >= 4 is 11.6 Å². The quantitative estimate of drug-likeness (QED) is 0.599. The largest absolute Gasteiger partial charge is 0.434 e. The Bertz CT molecular complexity index is 985. The number of hydrogen-bond acceptors (Lipinski definition) is 4. The molecule has 0 unspecified atom stereocenters. The topological polar surface area (TPSA) is 64.4 Å². The van der Waals surface area contributed by atoms with E-state index in [0.717, 1.165) is 24.4 Å². The molecule has 0 saturated heterocycles. The monoisotopic (exact) mass is 398 g/mol. The maximum absolute atomic E-state index is 12.8. The zero-order valence-electron chi connectivity index (χ0n) is 13.8. The van der Waals surface area contributed by atoms with Crippen molar-refractivity contribution in [3.05, 3.63) is 65.9 Å². The van der Waals surface area contributed by atoms with Crippen LogP contribution in [0.3, 0.4) is 0 Å². The lowest BCUT2D eigenvalue weighted by molar-refractivity contribution is -0.137. The van der Waals surface area contributed by atoms with Gasteiger partial charge in [-0.25, -0.2) is 0 Å². The van der Waals surface area contributed by atoms with Crippen molar-refractivity contribution in [3.8, 4) is 17.1 Å². The highest BCUT2D eigenvalue weighted by Crippen LogP contribution is 2.34. The zero-order valence-corrected chi connectivity index (χ0v) is 13.8. The van der Waals surface area contributed by atoms with Gasteiger partial charge in [-0.1, -0.05) is 23.4 Å². The number of carbonyl (C=O) groups excluding carboxylic acids is 1. The summed E-state index contributed by atoms with van der Waals surface area (Å²) in [5.74, 6) is -1.24. The van der Waals surface area contributed by atoms with Gasteiger partial charge in [0.2, 0.25) is 0 Å². The van der Waals surface area contributed by atoms with Gasteiger partial charge in [0.25, 0.3) is 5.91 Å². The Labute approximate surface area is 154 Å². The van der Waals surface area contributed by atoms with E-state index in [2.05, 4.69) is 15.2 Å². The van der Waals surface area contributed by atoms with Gasteiger partial charge in [-0.3, -0.25) is 4.79 Å². The van der Waals surface area contributed by atoms with E-state index >= 15 is 0 Å². The molecule has 1 heterocycles. The minimum atomic E-state index is -4.57. The van der Waals surface area contributed by atoms with E-state index in [1.165, 1.54) is 30.3 Å². The first kappa shape index (κ1) is 19.3. The second-order valence-electron chi connectivity index (χ2n) is 5.48. The summed E-state index contributed by atoms with van der Waals surface area (Å²) in [5, 5.41) is 5.78. The summed E-state index contributed by atoms with van der Waals surface area (Å²) >= 11 is 0. The van der Waals surface area contributed by atoms with Crippen molar-refractivity contribution in [2.24, 2.45) is 0 Å². The third-order valence-corrected chi connectivity index (χ3v) is 3.61. The normalized spacial score (nSPS) is 11.5. The van der Waals surface area contributed by atoms with Gasteiger partial charge in [0.1, 0.15) is 11.3 Å². The Hall–Kier alpha value is -3.43. The lowest BCUT2D eigenvalue weighted by Gasteiger charge is -2.11. The van der Waals surface area contributed by atoms with E-state index in [4.69, 9.17) is 4.52 Å². The molecule has 0 fully saturated rings. The van der Waals surface area contributed by atoms with E-state index in [1.54, 1.807) is 0 Å². The van der Waals surface area contributed by atoms with Crippen LogP contribution < -0.4 is 10.1 Å². The number of ether oxygens (including phenoxy) is 1. The molecule has 1 aromatic heterocycles. The van der Waals surface area contributed by atoms with Crippen molar-refractivity contribution in [2.45, 2.75) is 12.8 Å². The van der Waals surface area contributed by atoms with E-state index in [1.807, 2.05) is 0 Å². The predicted molar refractivity (Wildman–Crippen MR) is 88.0 cm³/mol. The molecule has 0 atom stereocenters. The van der Waals surface area contributed by atoms with Gasteiger partial charge in [0.15, 0.2) is 5.76 Å². The summed E-state index contributed by atoms with van der Waals surface area (Å²) in [5.41, 5.74) is -1.17. The molecule has 3 aromatic rings. The van der Waals surface area contributed by atoms with Gasteiger partial charge < -0.3 is 14.6 Å².